The molecule has 5 rings (SSSR count). The number of hydrogen-bond acceptors (Lipinski definition) is 3. The van der Waals surface area contributed by atoms with Gasteiger partial charge in [-0.15, -0.1) is 0 Å². The lowest BCUT2D eigenvalue weighted by Gasteiger charge is -2.17. The SMILES string of the molecule is NC(=O)c1nn(-c2ccccc2)c2c1CCc1c-2cnn1Cc1ccccc1. The Labute approximate surface area is 162 Å². The van der Waals surface area contributed by atoms with Crippen molar-refractivity contribution in [3.8, 4) is 16.9 Å². The van der Waals surface area contributed by atoms with Crippen LogP contribution < -0.4 is 5.73 Å². The van der Waals surface area contributed by atoms with Crippen LogP contribution >= 0.6 is 0 Å². The van der Waals surface area contributed by atoms with Gasteiger partial charge in [0, 0.05) is 16.8 Å². The lowest BCUT2D eigenvalue weighted by atomic mass is 9.93. The van der Waals surface area contributed by atoms with Crippen molar-refractivity contribution in [3.63, 3.8) is 0 Å². The van der Waals surface area contributed by atoms with Gasteiger partial charge in [0.25, 0.3) is 5.91 Å². The molecule has 4 aromatic rings. The molecule has 0 fully saturated rings. The summed E-state index contributed by atoms with van der Waals surface area (Å²) in [7, 11) is 0. The van der Waals surface area contributed by atoms with Crippen LogP contribution in [-0.4, -0.2) is 25.5 Å². The molecule has 138 valence electrons. The van der Waals surface area contributed by atoms with E-state index in [0.29, 0.717) is 18.7 Å². The van der Waals surface area contributed by atoms with E-state index < -0.39 is 5.91 Å². The van der Waals surface area contributed by atoms with E-state index in [1.807, 2.05) is 64.1 Å². The lowest BCUT2D eigenvalue weighted by Crippen LogP contribution is -2.16. The number of carbonyl (C=O) groups excluding carboxylic acids is 1. The van der Waals surface area contributed by atoms with Gasteiger partial charge in [-0.1, -0.05) is 48.5 Å². The molecule has 2 aromatic heterocycles. The summed E-state index contributed by atoms with van der Waals surface area (Å²) in [6.07, 6.45) is 3.39. The minimum atomic E-state index is -0.494. The van der Waals surface area contributed by atoms with Gasteiger partial charge in [0.2, 0.25) is 0 Å². The fraction of sp³-hybridized carbons (Fsp3) is 0.136. The van der Waals surface area contributed by atoms with Crippen LogP contribution in [0.3, 0.4) is 0 Å². The van der Waals surface area contributed by atoms with Crippen LogP contribution in [0.4, 0.5) is 0 Å². The van der Waals surface area contributed by atoms with Crippen molar-refractivity contribution in [2.45, 2.75) is 19.4 Å². The van der Waals surface area contributed by atoms with Crippen molar-refractivity contribution in [3.05, 3.63) is 89.4 Å². The summed E-state index contributed by atoms with van der Waals surface area (Å²) < 4.78 is 3.86. The molecule has 0 bridgehead atoms. The zero-order valence-electron chi connectivity index (χ0n) is 15.2. The summed E-state index contributed by atoms with van der Waals surface area (Å²) in [6.45, 7) is 0.716. The second-order valence-corrected chi connectivity index (χ2v) is 6.94. The predicted molar refractivity (Wildman–Crippen MR) is 106 cm³/mol. The van der Waals surface area contributed by atoms with Gasteiger partial charge >= 0.3 is 0 Å². The summed E-state index contributed by atoms with van der Waals surface area (Å²) in [5, 5.41) is 9.20. The third-order valence-corrected chi connectivity index (χ3v) is 5.21. The third kappa shape index (κ3) is 2.62. The molecule has 0 atom stereocenters. The van der Waals surface area contributed by atoms with Crippen molar-refractivity contribution < 1.29 is 4.79 Å². The number of nitrogens with two attached hydrogens (primary N) is 1. The summed E-state index contributed by atoms with van der Waals surface area (Å²) in [5.74, 6) is -0.494. The van der Waals surface area contributed by atoms with E-state index in [1.54, 1.807) is 0 Å². The maximum atomic E-state index is 12.0. The monoisotopic (exact) mass is 369 g/mol. The molecule has 0 saturated carbocycles. The number of benzene rings is 2. The van der Waals surface area contributed by atoms with Gasteiger partial charge in [-0.2, -0.15) is 10.2 Å². The molecule has 1 amide bonds. The van der Waals surface area contributed by atoms with Gasteiger partial charge in [-0.3, -0.25) is 9.48 Å². The van der Waals surface area contributed by atoms with Crippen molar-refractivity contribution in [2.75, 3.05) is 0 Å². The Hall–Kier alpha value is -3.67. The van der Waals surface area contributed by atoms with E-state index in [0.717, 1.165) is 34.6 Å². The summed E-state index contributed by atoms with van der Waals surface area (Å²) >= 11 is 0. The zero-order chi connectivity index (χ0) is 19.1. The van der Waals surface area contributed by atoms with Crippen LogP contribution in [0, 0.1) is 0 Å². The molecule has 6 nitrogen and oxygen atoms in total. The van der Waals surface area contributed by atoms with E-state index in [9.17, 15) is 4.79 Å². The van der Waals surface area contributed by atoms with Crippen LogP contribution in [0.15, 0.2) is 66.9 Å². The molecule has 0 unspecified atom stereocenters. The van der Waals surface area contributed by atoms with Gasteiger partial charge < -0.3 is 5.73 Å². The fourth-order valence-electron chi connectivity index (χ4n) is 3.93. The fourth-order valence-corrected chi connectivity index (χ4v) is 3.93. The Kier molecular flexibility index (Phi) is 3.83. The molecule has 0 spiro atoms. The molecule has 0 aliphatic heterocycles. The minimum Gasteiger partial charge on any atom is -0.364 e. The van der Waals surface area contributed by atoms with Crippen LogP contribution in [0.1, 0.15) is 27.3 Å². The third-order valence-electron chi connectivity index (χ3n) is 5.21. The second-order valence-electron chi connectivity index (χ2n) is 6.94. The first-order valence-electron chi connectivity index (χ1n) is 9.28. The van der Waals surface area contributed by atoms with E-state index in [1.165, 1.54) is 5.56 Å². The Morgan fingerprint density at radius 3 is 2.43 bits per heavy atom. The number of para-hydroxylation sites is 1. The molecule has 28 heavy (non-hydrogen) atoms. The molecule has 1 aliphatic rings. The number of carbonyl (C=O) groups is 1. The number of primary amides is 1. The number of fused-ring (bicyclic) bond motifs is 3. The Balaban J connectivity index is 1.66. The van der Waals surface area contributed by atoms with Crippen molar-refractivity contribution in [1.29, 1.82) is 0 Å². The Bertz CT molecular complexity index is 1160. The second kappa shape index (κ2) is 6.49. The molecule has 2 heterocycles. The standard InChI is InChI=1S/C22H19N5O/c23-22(28)20-17-11-12-19-18(13-24-26(19)14-15-7-3-1-4-8-15)21(17)27(25-20)16-9-5-2-6-10-16/h1-10,13H,11-12,14H2,(H2,23,28). The highest BCUT2D eigenvalue weighted by Crippen LogP contribution is 2.37. The lowest BCUT2D eigenvalue weighted by molar-refractivity contribution is 0.0994. The van der Waals surface area contributed by atoms with Gasteiger partial charge in [-0.05, 0) is 30.5 Å². The average Bonchev–Trinajstić information content (AvgIpc) is 3.31. The summed E-state index contributed by atoms with van der Waals surface area (Å²) in [4.78, 5) is 12.0. The molecule has 6 heteroatoms. The number of nitrogens with zero attached hydrogens (tertiary/aromatic N) is 4. The largest absolute Gasteiger partial charge is 0.364 e. The highest BCUT2D eigenvalue weighted by atomic mass is 16.1. The average molecular weight is 369 g/mol. The Morgan fingerprint density at radius 2 is 1.71 bits per heavy atom. The van der Waals surface area contributed by atoms with Gasteiger partial charge in [0.05, 0.1) is 24.1 Å². The molecule has 0 radical (unpaired) electrons. The van der Waals surface area contributed by atoms with Crippen molar-refractivity contribution >= 4 is 5.91 Å². The topological polar surface area (TPSA) is 78.7 Å². The van der Waals surface area contributed by atoms with Crippen molar-refractivity contribution in [1.82, 2.24) is 19.6 Å². The number of amides is 1. The first-order valence-corrected chi connectivity index (χ1v) is 9.28. The molecule has 2 aromatic carbocycles. The van der Waals surface area contributed by atoms with Crippen LogP contribution in [0.2, 0.25) is 0 Å². The molecular formula is C22H19N5O. The van der Waals surface area contributed by atoms with Gasteiger partial charge in [-0.25, -0.2) is 4.68 Å². The van der Waals surface area contributed by atoms with E-state index in [2.05, 4.69) is 22.3 Å². The highest BCUT2D eigenvalue weighted by Gasteiger charge is 2.30. The first-order chi connectivity index (χ1) is 13.7. The number of rotatable bonds is 4. The summed E-state index contributed by atoms with van der Waals surface area (Å²) in [5.41, 5.74) is 12.1. The first kappa shape index (κ1) is 16.5. The molecule has 2 N–H and O–H groups in total. The van der Waals surface area contributed by atoms with Crippen molar-refractivity contribution in [2.24, 2.45) is 5.73 Å². The van der Waals surface area contributed by atoms with Crippen LogP contribution in [-0.2, 0) is 19.4 Å². The van der Waals surface area contributed by atoms with Gasteiger partial charge in [0.1, 0.15) is 0 Å². The normalized spacial score (nSPS) is 12.4. The maximum absolute atomic E-state index is 12.0. The van der Waals surface area contributed by atoms with E-state index >= 15 is 0 Å². The summed E-state index contributed by atoms with van der Waals surface area (Å²) in [6, 6.07) is 20.1. The maximum Gasteiger partial charge on any atom is 0.269 e. The quantitative estimate of drug-likeness (QED) is 0.601. The zero-order valence-corrected chi connectivity index (χ0v) is 15.2. The van der Waals surface area contributed by atoms with E-state index in [-0.39, 0.29) is 0 Å². The minimum absolute atomic E-state index is 0.348. The molecule has 0 saturated heterocycles. The smallest absolute Gasteiger partial charge is 0.269 e. The predicted octanol–water partition coefficient (Wildman–Crippen LogP) is 2.98. The molecular weight excluding hydrogens is 350 g/mol. The number of aromatic nitrogens is 4. The van der Waals surface area contributed by atoms with E-state index in [4.69, 9.17) is 5.73 Å². The van der Waals surface area contributed by atoms with Crippen LogP contribution in [0.25, 0.3) is 16.9 Å². The number of hydrogen-bond donors (Lipinski definition) is 1. The van der Waals surface area contributed by atoms with Crippen LogP contribution in [0.5, 0.6) is 0 Å². The van der Waals surface area contributed by atoms with Gasteiger partial charge in [0.15, 0.2) is 5.69 Å². The Morgan fingerprint density at radius 1 is 1.00 bits per heavy atom. The highest BCUT2D eigenvalue weighted by molar-refractivity contribution is 5.95. The molecule has 1 aliphatic carbocycles.